The first-order chi connectivity index (χ1) is 8.54. The van der Waals surface area contributed by atoms with Crippen LogP contribution in [0.5, 0.6) is 0 Å². The highest BCUT2D eigenvalue weighted by atomic mass is 19.1. The number of hydrogen-bond acceptors (Lipinski definition) is 3. The van der Waals surface area contributed by atoms with Crippen LogP contribution in [0.4, 0.5) is 10.1 Å². The lowest BCUT2D eigenvalue weighted by molar-refractivity contribution is -0.138. The fraction of sp³-hybridized carbons (Fsp3) is 0.462. The van der Waals surface area contributed by atoms with Gasteiger partial charge in [0, 0.05) is 31.2 Å². The molecule has 98 valence electrons. The molecule has 0 amide bonds. The van der Waals surface area contributed by atoms with Crippen LogP contribution in [-0.2, 0) is 4.79 Å². The molecule has 0 spiro atoms. The predicted molar refractivity (Wildman–Crippen MR) is 66.9 cm³/mol. The van der Waals surface area contributed by atoms with Gasteiger partial charge in [0.2, 0.25) is 0 Å². The fourth-order valence-electron chi connectivity index (χ4n) is 2.52. The van der Waals surface area contributed by atoms with Gasteiger partial charge in [0.1, 0.15) is 5.82 Å². The molecule has 1 fully saturated rings. The Morgan fingerprint density at radius 2 is 2.28 bits per heavy atom. The molecular weight excluding hydrogens is 235 g/mol. The number of aliphatic carboxylic acids is 1. The quantitative estimate of drug-likeness (QED) is 0.854. The van der Waals surface area contributed by atoms with Gasteiger partial charge in [-0.3, -0.25) is 4.79 Å². The van der Waals surface area contributed by atoms with E-state index in [4.69, 9.17) is 10.8 Å². The number of piperidine rings is 1. The summed E-state index contributed by atoms with van der Waals surface area (Å²) in [6.45, 7) is 1.25. The molecule has 18 heavy (non-hydrogen) atoms. The standard InChI is InChI=1S/C13H17FN2O2/c14-10-2-1-3-12(6-10)16-7-9(5-13(17)18)4-11(15)8-16/h1-3,6,9,11H,4-5,7-8,15H2,(H,17,18). The second kappa shape index (κ2) is 5.35. The maximum atomic E-state index is 13.2. The summed E-state index contributed by atoms with van der Waals surface area (Å²) in [7, 11) is 0. The Labute approximate surface area is 105 Å². The molecule has 1 aromatic carbocycles. The van der Waals surface area contributed by atoms with Crippen LogP contribution < -0.4 is 10.6 Å². The maximum absolute atomic E-state index is 13.2. The van der Waals surface area contributed by atoms with Gasteiger partial charge in [-0.1, -0.05) is 6.07 Å². The number of carboxylic acids is 1. The van der Waals surface area contributed by atoms with Gasteiger partial charge < -0.3 is 15.7 Å². The average Bonchev–Trinajstić information content (AvgIpc) is 2.27. The summed E-state index contributed by atoms with van der Waals surface area (Å²) in [5.41, 5.74) is 6.70. The minimum Gasteiger partial charge on any atom is -0.481 e. The van der Waals surface area contributed by atoms with Gasteiger partial charge in [-0.25, -0.2) is 4.39 Å². The molecule has 4 nitrogen and oxygen atoms in total. The molecule has 0 saturated carbocycles. The maximum Gasteiger partial charge on any atom is 0.303 e. The van der Waals surface area contributed by atoms with Gasteiger partial charge in [-0.15, -0.1) is 0 Å². The molecule has 2 unspecified atom stereocenters. The number of carboxylic acid groups (broad SMARTS) is 1. The normalized spacial score (nSPS) is 24.0. The molecule has 1 saturated heterocycles. The van der Waals surface area contributed by atoms with Crippen LogP contribution >= 0.6 is 0 Å². The summed E-state index contributed by atoms with van der Waals surface area (Å²) < 4.78 is 13.2. The monoisotopic (exact) mass is 252 g/mol. The number of carbonyl (C=O) groups is 1. The van der Waals surface area contributed by atoms with Crippen molar-refractivity contribution in [1.29, 1.82) is 0 Å². The minimum atomic E-state index is -0.812. The van der Waals surface area contributed by atoms with Crippen LogP contribution in [0.15, 0.2) is 24.3 Å². The van der Waals surface area contributed by atoms with Crippen molar-refractivity contribution in [3.8, 4) is 0 Å². The van der Waals surface area contributed by atoms with E-state index in [1.165, 1.54) is 12.1 Å². The molecular formula is C13H17FN2O2. The van der Waals surface area contributed by atoms with Gasteiger partial charge in [-0.2, -0.15) is 0 Å². The van der Waals surface area contributed by atoms with Crippen LogP contribution in [0.1, 0.15) is 12.8 Å². The zero-order valence-corrected chi connectivity index (χ0v) is 10.1. The van der Waals surface area contributed by atoms with E-state index in [-0.39, 0.29) is 24.2 Å². The SMILES string of the molecule is NC1CC(CC(=O)O)CN(c2cccc(F)c2)C1. The second-order valence-electron chi connectivity index (χ2n) is 4.84. The second-order valence-corrected chi connectivity index (χ2v) is 4.84. The molecule has 0 bridgehead atoms. The number of anilines is 1. The summed E-state index contributed by atoms with van der Waals surface area (Å²) in [6, 6.07) is 6.25. The van der Waals surface area contributed by atoms with Crippen LogP contribution in [0.25, 0.3) is 0 Å². The number of hydrogen-bond donors (Lipinski definition) is 2. The molecule has 0 radical (unpaired) electrons. The summed E-state index contributed by atoms with van der Waals surface area (Å²) in [6.07, 6.45) is 0.817. The minimum absolute atomic E-state index is 0.0227. The third-order valence-electron chi connectivity index (χ3n) is 3.21. The zero-order valence-electron chi connectivity index (χ0n) is 10.1. The highest BCUT2D eigenvalue weighted by Crippen LogP contribution is 2.25. The average molecular weight is 252 g/mol. The van der Waals surface area contributed by atoms with E-state index in [9.17, 15) is 9.18 Å². The number of nitrogens with two attached hydrogens (primary N) is 1. The summed E-state index contributed by atoms with van der Waals surface area (Å²) in [5.74, 6) is -1.08. The lowest BCUT2D eigenvalue weighted by Crippen LogP contribution is -2.47. The number of rotatable bonds is 3. The van der Waals surface area contributed by atoms with Crippen molar-refractivity contribution in [2.24, 2.45) is 11.7 Å². The van der Waals surface area contributed by atoms with E-state index in [0.717, 1.165) is 5.69 Å². The molecule has 1 aliphatic heterocycles. The van der Waals surface area contributed by atoms with Crippen LogP contribution in [0.3, 0.4) is 0 Å². The Hall–Kier alpha value is -1.62. The number of nitrogens with zero attached hydrogens (tertiary/aromatic N) is 1. The van der Waals surface area contributed by atoms with E-state index in [2.05, 4.69) is 0 Å². The summed E-state index contributed by atoms with van der Waals surface area (Å²) in [5, 5.41) is 8.83. The van der Waals surface area contributed by atoms with E-state index in [1.54, 1.807) is 6.07 Å². The summed E-state index contributed by atoms with van der Waals surface area (Å²) in [4.78, 5) is 12.7. The largest absolute Gasteiger partial charge is 0.481 e. The van der Waals surface area contributed by atoms with Gasteiger partial charge in [-0.05, 0) is 30.5 Å². The van der Waals surface area contributed by atoms with Crippen LogP contribution in [0.2, 0.25) is 0 Å². The molecule has 5 heteroatoms. The molecule has 1 aromatic rings. The molecule has 0 aliphatic carbocycles. The molecule has 2 atom stereocenters. The lowest BCUT2D eigenvalue weighted by atomic mass is 9.91. The van der Waals surface area contributed by atoms with Crippen molar-refractivity contribution < 1.29 is 14.3 Å². The molecule has 0 aromatic heterocycles. The third kappa shape index (κ3) is 3.20. The van der Waals surface area contributed by atoms with Crippen molar-refractivity contribution in [2.75, 3.05) is 18.0 Å². The van der Waals surface area contributed by atoms with E-state index >= 15 is 0 Å². The van der Waals surface area contributed by atoms with Gasteiger partial charge in [0.25, 0.3) is 0 Å². The lowest BCUT2D eigenvalue weighted by Gasteiger charge is -2.37. The van der Waals surface area contributed by atoms with Crippen molar-refractivity contribution in [1.82, 2.24) is 0 Å². The van der Waals surface area contributed by atoms with Crippen LogP contribution in [-0.4, -0.2) is 30.2 Å². The molecule has 1 heterocycles. The fourth-order valence-corrected chi connectivity index (χ4v) is 2.52. The third-order valence-corrected chi connectivity index (χ3v) is 3.21. The van der Waals surface area contributed by atoms with E-state index in [1.807, 2.05) is 11.0 Å². The number of halogens is 1. The van der Waals surface area contributed by atoms with E-state index in [0.29, 0.717) is 19.5 Å². The van der Waals surface area contributed by atoms with Crippen molar-refractivity contribution >= 4 is 11.7 Å². The van der Waals surface area contributed by atoms with Gasteiger partial charge in [0.15, 0.2) is 0 Å². The first kappa shape index (κ1) is 12.8. The van der Waals surface area contributed by atoms with Crippen LogP contribution in [0, 0.1) is 11.7 Å². The topological polar surface area (TPSA) is 66.6 Å². The first-order valence-corrected chi connectivity index (χ1v) is 6.02. The Kier molecular flexibility index (Phi) is 3.81. The molecule has 2 rings (SSSR count). The highest BCUT2D eigenvalue weighted by molar-refractivity contribution is 5.67. The Morgan fingerprint density at radius 1 is 1.50 bits per heavy atom. The van der Waals surface area contributed by atoms with Gasteiger partial charge in [0.05, 0.1) is 0 Å². The van der Waals surface area contributed by atoms with Gasteiger partial charge >= 0.3 is 5.97 Å². The molecule has 1 aliphatic rings. The predicted octanol–water partition coefficient (Wildman–Crippen LogP) is 1.45. The molecule has 3 N–H and O–H groups in total. The van der Waals surface area contributed by atoms with Crippen molar-refractivity contribution in [3.05, 3.63) is 30.1 Å². The smallest absolute Gasteiger partial charge is 0.303 e. The Morgan fingerprint density at radius 3 is 2.94 bits per heavy atom. The highest BCUT2D eigenvalue weighted by Gasteiger charge is 2.26. The Balaban J connectivity index is 2.10. The first-order valence-electron chi connectivity index (χ1n) is 6.02. The van der Waals surface area contributed by atoms with Crippen molar-refractivity contribution in [2.45, 2.75) is 18.9 Å². The van der Waals surface area contributed by atoms with E-state index < -0.39 is 5.97 Å². The number of benzene rings is 1. The summed E-state index contributed by atoms with van der Waals surface area (Å²) >= 11 is 0. The zero-order chi connectivity index (χ0) is 13.1. The van der Waals surface area contributed by atoms with Crippen molar-refractivity contribution in [3.63, 3.8) is 0 Å². The Bertz CT molecular complexity index is 439.